The number of amides is 2. The summed E-state index contributed by atoms with van der Waals surface area (Å²) in [6.07, 6.45) is -0.0543. The fourth-order valence-electron chi connectivity index (χ4n) is 1.53. The highest BCUT2D eigenvalue weighted by Gasteiger charge is 2.10. The molecule has 0 aromatic heterocycles. The number of halogens is 1. The van der Waals surface area contributed by atoms with Gasteiger partial charge in [0.05, 0.1) is 6.42 Å². The second-order valence-electron chi connectivity index (χ2n) is 4.29. The number of nitrogens with one attached hydrogen (secondary N) is 1. The Bertz CT molecular complexity index is 477. The van der Waals surface area contributed by atoms with Crippen LogP contribution in [-0.2, 0) is 11.3 Å². The Morgan fingerprint density at radius 3 is 2.68 bits per heavy atom. The van der Waals surface area contributed by atoms with Gasteiger partial charge in [0.25, 0.3) is 0 Å². The number of aryl methyl sites for hydroxylation is 1. The van der Waals surface area contributed by atoms with Gasteiger partial charge in [0.15, 0.2) is 0 Å². The van der Waals surface area contributed by atoms with E-state index in [1.165, 1.54) is 4.90 Å². The van der Waals surface area contributed by atoms with Crippen molar-refractivity contribution in [3.8, 4) is 0 Å². The molecule has 2 amide bonds. The Hall–Kier alpha value is -1.56. The molecule has 0 saturated heterocycles. The monoisotopic (exact) mass is 328 g/mol. The quantitative estimate of drug-likeness (QED) is 0.871. The molecule has 19 heavy (non-hydrogen) atoms. The summed E-state index contributed by atoms with van der Waals surface area (Å²) in [5, 5.41) is 11.3. The molecule has 0 saturated carbocycles. The summed E-state index contributed by atoms with van der Waals surface area (Å²) in [6, 6.07) is 5.57. The summed E-state index contributed by atoms with van der Waals surface area (Å²) in [4.78, 5) is 23.5. The summed E-state index contributed by atoms with van der Waals surface area (Å²) >= 11 is 3.38. The first-order valence-corrected chi connectivity index (χ1v) is 6.65. The zero-order valence-electron chi connectivity index (χ0n) is 10.9. The van der Waals surface area contributed by atoms with Crippen molar-refractivity contribution in [2.45, 2.75) is 19.9 Å². The van der Waals surface area contributed by atoms with E-state index >= 15 is 0 Å². The van der Waals surface area contributed by atoms with Crippen LogP contribution in [0, 0.1) is 6.92 Å². The van der Waals surface area contributed by atoms with Gasteiger partial charge < -0.3 is 15.3 Å². The van der Waals surface area contributed by atoms with Gasteiger partial charge in [-0.1, -0.05) is 22.0 Å². The van der Waals surface area contributed by atoms with E-state index in [9.17, 15) is 9.59 Å². The zero-order valence-corrected chi connectivity index (χ0v) is 12.5. The predicted octanol–water partition coefficient (Wildman–Crippen LogP) is 2.37. The molecule has 0 heterocycles. The molecule has 6 heteroatoms. The predicted molar refractivity (Wildman–Crippen MR) is 76.0 cm³/mol. The molecule has 0 radical (unpaired) electrons. The molecule has 0 fully saturated rings. The number of carbonyl (C=O) groups is 2. The van der Waals surface area contributed by atoms with Crippen LogP contribution in [0.2, 0.25) is 0 Å². The maximum absolute atomic E-state index is 11.7. The van der Waals surface area contributed by atoms with Crippen molar-refractivity contribution in [1.29, 1.82) is 0 Å². The SMILES string of the molecule is Cc1cc(Br)ccc1CNC(=O)N(C)CCC(=O)O. The van der Waals surface area contributed by atoms with Crippen molar-refractivity contribution in [2.24, 2.45) is 0 Å². The molecule has 2 N–H and O–H groups in total. The first kappa shape index (κ1) is 15.5. The van der Waals surface area contributed by atoms with E-state index in [0.717, 1.165) is 15.6 Å². The number of carbonyl (C=O) groups excluding carboxylic acids is 1. The van der Waals surface area contributed by atoms with Crippen molar-refractivity contribution in [1.82, 2.24) is 10.2 Å². The van der Waals surface area contributed by atoms with E-state index in [1.807, 2.05) is 25.1 Å². The second kappa shape index (κ2) is 7.13. The van der Waals surface area contributed by atoms with Crippen molar-refractivity contribution in [2.75, 3.05) is 13.6 Å². The molecule has 5 nitrogen and oxygen atoms in total. The number of hydrogen-bond donors (Lipinski definition) is 2. The Labute approximate surface area is 120 Å². The number of aliphatic carboxylic acids is 1. The molecule has 1 aromatic carbocycles. The lowest BCUT2D eigenvalue weighted by Gasteiger charge is -2.17. The number of hydrogen-bond acceptors (Lipinski definition) is 2. The summed E-state index contributed by atoms with van der Waals surface area (Å²) in [7, 11) is 1.58. The highest BCUT2D eigenvalue weighted by atomic mass is 79.9. The fourth-order valence-corrected chi connectivity index (χ4v) is 2.00. The zero-order chi connectivity index (χ0) is 14.4. The van der Waals surface area contributed by atoms with E-state index in [0.29, 0.717) is 6.54 Å². The van der Waals surface area contributed by atoms with Crippen LogP contribution in [0.1, 0.15) is 17.5 Å². The van der Waals surface area contributed by atoms with Crippen molar-refractivity contribution >= 4 is 27.9 Å². The van der Waals surface area contributed by atoms with Gasteiger partial charge in [-0.2, -0.15) is 0 Å². The van der Waals surface area contributed by atoms with Gasteiger partial charge >= 0.3 is 12.0 Å². The van der Waals surface area contributed by atoms with Crippen LogP contribution >= 0.6 is 15.9 Å². The number of carboxylic acid groups (broad SMARTS) is 1. The van der Waals surface area contributed by atoms with Crippen molar-refractivity contribution < 1.29 is 14.7 Å². The number of carboxylic acids is 1. The Kier molecular flexibility index (Phi) is 5.82. The van der Waals surface area contributed by atoms with Crippen LogP contribution in [0.15, 0.2) is 22.7 Å². The Morgan fingerprint density at radius 1 is 1.42 bits per heavy atom. The third-order valence-electron chi connectivity index (χ3n) is 2.74. The molecule has 1 aromatic rings. The topological polar surface area (TPSA) is 69.6 Å². The Morgan fingerprint density at radius 2 is 2.11 bits per heavy atom. The number of benzene rings is 1. The fraction of sp³-hybridized carbons (Fsp3) is 0.385. The molecule has 1 rings (SSSR count). The van der Waals surface area contributed by atoms with E-state index in [4.69, 9.17) is 5.11 Å². The summed E-state index contributed by atoms with van der Waals surface area (Å²) in [6.45, 7) is 2.59. The van der Waals surface area contributed by atoms with Crippen molar-refractivity contribution in [3.05, 3.63) is 33.8 Å². The molecule has 0 spiro atoms. The molecule has 0 aliphatic carbocycles. The lowest BCUT2D eigenvalue weighted by Crippen LogP contribution is -2.38. The Balaban J connectivity index is 2.47. The number of nitrogens with zero attached hydrogens (tertiary/aromatic N) is 1. The molecular formula is C13H17BrN2O3. The first-order chi connectivity index (χ1) is 8.90. The van der Waals surface area contributed by atoms with Crippen LogP contribution in [-0.4, -0.2) is 35.6 Å². The van der Waals surface area contributed by atoms with Crippen LogP contribution < -0.4 is 5.32 Å². The van der Waals surface area contributed by atoms with E-state index in [1.54, 1.807) is 7.05 Å². The second-order valence-corrected chi connectivity index (χ2v) is 5.21. The molecular weight excluding hydrogens is 312 g/mol. The standard InChI is InChI=1S/C13H17BrN2O3/c1-9-7-11(14)4-3-10(9)8-15-13(19)16(2)6-5-12(17)18/h3-4,7H,5-6,8H2,1-2H3,(H,15,19)(H,17,18). The lowest BCUT2D eigenvalue weighted by molar-refractivity contribution is -0.137. The molecule has 0 aliphatic heterocycles. The minimum Gasteiger partial charge on any atom is -0.481 e. The maximum Gasteiger partial charge on any atom is 0.317 e. The summed E-state index contributed by atoms with van der Waals surface area (Å²) in [5.74, 6) is -0.914. The van der Waals surface area contributed by atoms with Crippen LogP contribution in [0.5, 0.6) is 0 Å². The van der Waals surface area contributed by atoms with E-state index in [2.05, 4.69) is 21.2 Å². The smallest absolute Gasteiger partial charge is 0.317 e. The van der Waals surface area contributed by atoms with Gasteiger partial charge in [-0.15, -0.1) is 0 Å². The van der Waals surface area contributed by atoms with E-state index < -0.39 is 5.97 Å². The van der Waals surface area contributed by atoms with Gasteiger partial charge in [-0.3, -0.25) is 4.79 Å². The highest BCUT2D eigenvalue weighted by molar-refractivity contribution is 9.10. The molecule has 104 valence electrons. The molecule has 0 unspecified atom stereocenters. The molecule has 0 atom stereocenters. The summed E-state index contributed by atoms with van der Waals surface area (Å²) in [5.41, 5.74) is 2.12. The van der Waals surface area contributed by atoms with Gasteiger partial charge in [0, 0.05) is 24.6 Å². The minimum atomic E-state index is -0.914. The largest absolute Gasteiger partial charge is 0.481 e. The van der Waals surface area contributed by atoms with Gasteiger partial charge in [0.1, 0.15) is 0 Å². The number of urea groups is 1. The van der Waals surface area contributed by atoms with Crippen LogP contribution in [0.25, 0.3) is 0 Å². The highest BCUT2D eigenvalue weighted by Crippen LogP contribution is 2.15. The minimum absolute atomic E-state index is 0.0543. The average molecular weight is 329 g/mol. The average Bonchev–Trinajstić information content (AvgIpc) is 2.34. The van der Waals surface area contributed by atoms with Gasteiger partial charge in [0.2, 0.25) is 0 Å². The van der Waals surface area contributed by atoms with Crippen molar-refractivity contribution in [3.63, 3.8) is 0 Å². The normalized spacial score (nSPS) is 10.1. The molecule has 0 aliphatic rings. The maximum atomic E-state index is 11.7. The van der Waals surface area contributed by atoms with Gasteiger partial charge in [-0.25, -0.2) is 4.79 Å². The van der Waals surface area contributed by atoms with E-state index in [-0.39, 0.29) is 19.0 Å². The first-order valence-electron chi connectivity index (χ1n) is 5.86. The molecule has 0 bridgehead atoms. The number of rotatable bonds is 5. The third-order valence-corrected chi connectivity index (χ3v) is 3.24. The summed E-state index contributed by atoms with van der Waals surface area (Å²) < 4.78 is 0.999. The third kappa shape index (κ3) is 5.30. The van der Waals surface area contributed by atoms with Crippen LogP contribution in [0.3, 0.4) is 0 Å². The lowest BCUT2D eigenvalue weighted by atomic mass is 10.1. The van der Waals surface area contributed by atoms with Crippen LogP contribution in [0.4, 0.5) is 4.79 Å². The van der Waals surface area contributed by atoms with Gasteiger partial charge in [-0.05, 0) is 30.2 Å².